The van der Waals surface area contributed by atoms with Crippen molar-refractivity contribution in [3.8, 4) is 17.1 Å². The van der Waals surface area contributed by atoms with Gasteiger partial charge in [0.25, 0.3) is 12.3 Å². The number of nitrogens with one attached hydrogen (secondary N) is 1. The Hall–Kier alpha value is -3.59. The summed E-state index contributed by atoms with van der Waals surface area (Å²) in [5, 5.41) is 2.93. The molecule has 0 aliphatic carbocycles. The normalized spacial score (nSPS) is 10.7. The molecule has 172 valence electrons. The van der Waals surface area contributed by atoms with E-state index in [4.69, 9.17) is 16.3 Å². The number of rotatable bonds is 8. The summed E-state index contributed by atoms with van der Waals surface area (Å²) in [6, 6.07) is 11.4. The van der Waals surface area contributed by atoms with Gasteiger partial charge in [0.1, 0.15) is 0 Å². The Kier molecular flexibility index (Phi) is 7.89. The smallest absolute Gasteiger partial charge is 0.256 e. The van der Waals surface area contributed by atoms with E-state index >= 15 is 0 Å². The monoisotopic (exact) mass is 474 g/mol. The lowest BCUT2D eigenvalue weighted by molar-refractivity contribution is -0.117. The Morgan fingerprint density at radius 3 is 2.45 bits per heavy atom. The van der Waals surface area contributed by atoms with Gasteiger partial charge in [0.15, 0.2) is 0 Å². The SMILES string of the molecule is COc1ccc(CNC(=O)c2ccc(-c3ccc(N(CC(F)F)C(C)=O)c(Cl)c3)nc2)cn1. The molecule has 1 aromatic carbocycles. The van der Waals surface area contributed by atoms with Crippen molar-refractivity contribution in [3.05, 3.63) is 71.0 Å². The number of hydrogen-bond acceptors (Lipinski definition) is 5. The quantitative estimate of drug-likeness (QED) is 0.524. The first-order chi connectivity index (χ1) is 15.8. The first-order valence-electron chi connectivity index (χ1n) is 9.88. The van der Waals surface area contributed by atoms with Gasteiger partial charge >= 0.3 is 0 Å². The Bertz CT molecular complexity index is 1130. The number of aromatic nitrogens is 2. The number of nitrogens with zero attached hydrogens (tertiary/aromatic N) is 3. The summed E-state index contributed by atoms with van der Waals surface area (Å²) >= 11 is 6.26. The van der Waals surface area contributed by atoms with E-state index in [1.165, 1.54) is 32.4 Å². The first kappa shape index (κ1) is 24.1. The largest absolute Gasteiger partial charge is 0.481 e. The molecular formula is C23H21ClF2N4O3. The van der Waals surface area contributed by atoms with Gasteiger partial charge in [0.2, 0.25) is 11.8 Å². The third-order valence-electron chi connectivity index (χ3n) is 4.72. The number of benzene rings is 1. The lowest BCUT2D eigenvalue weighted by atomic mass is 10.1. The molecule has 0 fully saturated rings. The van der Waals surface area contributed by atoms with Gasteiger partial charge in [-0.1, -0.05) is 23.7 Å². The molecule has 2 aromatic heterocycles. The average Bonchev–Trinajstić information content (AvgIpc) is 2.81. The summed E-state index contributed by atoms with van der Waals surface area (Å²) in [7, 11) is 1.52. The molecule has 7 nitrogen and oxygen atoms in total. The second kappa shape index (κ2) is 10.8. The average molecular weight is 475 g/mol. The summed E-state index contributed by atoms with van der Waals surface area (Å²) in [6.07, 6.45) is 0.353. The van der Waals surface area contributed by atoms with Crippen molar-refractivity contribution in [3.63, 3.8) is 0 Å². The molecular weight excluding hydrogens is 454 g/mol. The van der Waals surface area contributed by atoms with Crippen LogP contribution in [0.25, 0.3) is 11.3 Å². The van der Waals surface area contributed by atoms with E-state index in [1.54, 1.807) is 36.5 Å². The van der Waals surface area contributed by atoms with Crippen LogP contribution in [0.5, 0.6) is 5.88 Å². The van der Waals surface area contributed by atoms with Gasteiger partial charge < -0.3 is 15.0 Å². The molecule has 0 unspecified atom stereocenters. The molecule has 1 N–H and O–H groups in total. The molecule has 2 heterocycles. The lowest BCUT2D eigenvalue weighted by Crippen LogP contribution is -2.33. The van der Waals surface area contributed by atoms with Crippen molar-refractivity contribution in [2.75, 3.05) is 18.6 Å². The number of ether oxygens (including phenoxy) is 1. The van der Waals surface area contributed by atoms with Crippen LogP contribution in [0.4, 0.5) is 14.5 Å². The number of anilines is 1. The zero-order chi connectivity index (χ0) is 24.0. The van der Waals surface area contributed by atoms with Crippen LogP contribution < -0.4 is 15.0 Å². The van der Waals surface area contributed by atoms with Crippen LogP contribution >= 0.6 is 11.6 Å². The van der Waals surface area contributed by atoms with Gasteiger partial charge in [-0.3, -0.25) is 14.6 Å². The minimum Gasteiger partial charge on any atom is -0.481 e. The molecule has 2 amide bonds. The van der Waals surface area contributed by atoms with Crippen LogP contribution in [0.15, 0.2) is 54.9 Å². The van der Waals surface area contributed by atoms with E-state index in [-0.39, 0.29) is 16.6 Å². The van der Waals surface area contributed by atoms with Crippen LogP contribution in [0.2, 0.25) is 5.02 Å². The van der Waals surface area contributed by atoms with Crippen molar-refractivity contribution in [2.24, 2.45) is 0 Å². The predicted octanol–water partition coefficient (Wildman–Crippen LogP) is 4.35. The molecule has 0 bridgehead atoms. The fourth-order valence-corrected chi connectivity index (χ4v) is 3.32. The number of carbonyl (C=O) groups is 2. The molecule has 10 heteroatoms. The minimum absolute atomic E-state index is 0.139. The second-order valence-corrected chi connectivity index (χ2v) is 7.42. The maximum atomic E-state index is 12.8. The van der Waals surface area contributed by atoms with Crippen LogP contribution in [-0.4, -0.2) is 41.9 Å². The van der Waals surface area contributed by atoms with Gasteiger partial charge in [-0.05, 0) is 29.8 Å². The summed E-state index contributed by atoms with van der Waals surface area (Å²) in [5.41, 5.74) is 2.51. The summed E-state index contributed by atoms with van der Waals surface area (Å²) in [4.78, 5) is 33.4. The zero-order valence-electron chi connectivity index (χ0n) is 17.9. The standard InChI is InChI=1S/C23H21ClF2N4O3/c1-14(31)30(13-21(25)26)20-7-5-16(9-18(20)24)19-6-4-17(12-27-19)23(32)29-11-15-3-8-22(33-2)28-10-15/h3-10,12,21H,11,13H2,1-2H3,(H,29,32). The Balaban J connectivity index is 1.69. The zero-order valence-corrected chi connectivity index (χ0v) is 18.6. The highest BCUT2D eigenvalue weighted by Gasteiger charge is 2.20. The van der Waals surface area contributed by atoms with Gasteiger partial charge in [-0.15, -0.1) is 0 Å². The highest BCUT2D eigenvalue weighted by Crippen LogP contribution is 2.31. The molecule has 0 saturated heterocycles. The Labute approximate surface area is 194 Å². The molecule has 0 aliphatic heterocycles. The molecule has 0 saturated carbocycles. The van der Waals surface area contributed by atoms with Crippen molar-refractivity contribution in [2.45, 2.75) is 19.9 Å². The van der Waals surface area contributed by atoms with E-state index < -0.39 is 18.9 Å². The highest BCUT2D eigenvalue weighted by molar-refractivity contribution is 6.34. The Morgan fingerprint density at radius 2 is 1.91 bits per heavy atom. The van der Waals surface area contributed by atoms with Crippen LogP contribution in [-0.2, 0) is 11.3 Å². The van der Waals surface area contributed by atoms with Crippen molar-refractivity contribution in [1.82, 2.24) is 15.3 Å². The number of alkyl halides is 2. The van der Waals surface area contributed by atoms with E-state index in [9.17, 15) is 18.4 Å². The molecule has 0 spiro atoms. The van der Waals surface area contributed by atoms with E-state index in [0.29, 0.717) is 29.2 Å². The van der Waals surface area contributed by atoms with Crippen LogP contribution in [0.3, 0.4) is 0 Å². The number of methoxy groups -OCH3 is 1. The van der Waals surface area contributed by atoms with Gasteiger partial charge in [0, 0.05) is 37.5 Å². The number of amides is 2. The fourth-order valence-electron chi connectivity index (χ4n) is 3.04. The van der Waals surface area contributed by atoms with Gasteiger partial charge in [0.05, 0.1) is 35.6 Å². The molecule has 33 heavy (non-hydrogen) atoms. The third kappa shape index (κ3) is 6.23. The number of pyridine rings is 2. The minimum atomic E-state index is -2.69. The summed E-state index contributed by atoms with van der Waals surface area (Å²) < 4.78 is 30.6. The fraction of sp³-hybridized carbons (Fsp3) is 0.217. The van der Waals surface area contributed by atoms with E-state index in [0.717, 1.165) is 10.5 Å². The van der Waals surface area contributed by atoms with Crippen LogP contribution in [0.1, 0.15) is 22.8 Å². The number of hydrogen-bond donors (Lipinski definition) is 1. The summed E-state index contributed by atoms with van der Waals surface area (Å²) in [5.74, 6) is -0.354. The number of halogens is 3. The molecule has 0 aliphatic rings. The van der Waals surface area contributed by atoms with Crippen LogP contribution in [0, 0.1) is 0 Å². The van der Waals surface area contributed by atoms with Gasteiger partial charge in [-0.25, -0.2) is 13.8 Å². The van der Waals surface area contributed by atoms with Gasteiger partial charge in [-0.2, -0.15) is 0 Å². The maximum Gasteiger partial charge on any atom is 0.256 e. The lowest BCUT2D eigenvalue weighted by Gasteiger charge is -2.22. The highest BCUT2D eigenvalue weighted by atomic mass is 35.5. The predicted molar refractivity (Wildman–Crippen MR) is 121 cm³/mol. The van der Waals surface area contributed by atoms with Crippen molar-refractivity contribution >= 4 is 29.1 Å². The molecule has 3 aromatic rings. The first-order valence-corrected chi connectivity index (χ1v) is 10.3. The van der Waals surface area contributed by atoms with Crippen molar-refractivity contribution < 1.29 is 23.1 Å². The van der Waals surface area contributed by atoms with Crippen molar-refractivity contribution in [1.29, 1.82) is 0 Å². The number of carbonyl (C=O) groups excluding carboxylic acids is 2. The topological polar surface area (TPSA) is 84.4 Å². The molecule has 3 rings (SSSR count). The van der Waals surface area contributed by atoms with E-state index in [2.05, 4.69) is 15.3 Å². The summed E-state index contributed by atoms with van der Waals surface area (Å²) in [6.45, 7) is 0.742. The second-order valence-electron chi connectivity index (χ2n) is 7.01. The third-order valence-corrected chi connectivity index (χ3v) is 5.02. The maximum absolute atomic E-state index is 12.8. The van der Waals surface area contributed by atoms with E-state index in [1.807, 2.05) is 0 Å². The molecule has 0 atom stereocenters. The Morgan fingerprint density at radius 1 is 1.12 bits per heavy atom. The molecule has 0 radical (unpaired) electrons.